The van der Waals surface area contributed by atoms with Gasteiger partial charge in [0.25, 0.3) is 0 Å². The lowest BCUT2D eigenvalue weighted by atomic mass is 10.1. The highest BCUT2D eigenvalue weighted by atomic mass is 16.6. The summed E-state index contributed by atoms with van der Waals surface area (Å²) in [6, 6.07) is 0. The molecule has 370 valence electrons. The molecular formula is C60H94O6. The molecule has 0 N–H and O–H groups in total. The van der Waals surface area contributed by atoms with E-state index in [0.29, 0.717) is 19.3 Å². The number of hydrogen-bond acceptors (Lipinski definition) is 6. The first-order chi connectivity index (χ1) is 32.5. The van der Waals surface area contributed by atoms with E-state index in [1.807, 2.05) is 6.08 Å². The van der Waals surface area contributed by atoms with E-state index in [2.05, 4.69) is 142 Å². The van der Waals surface area contributed by atoms with Crippen LogP contribution in [0.2, 0.25) is 0 Å². The molecular weight excluding hydrogens is 817 g/mol. The first kappa shape index (κ1) is 61.5. The molecule has 6 nitrogen and oxygen atoms in total. The maximum Gasteiger partial charge on any atom is 0.310 e. The molecule has 0 aromatic carbocycles. The monoisotopic (exact) mass is 911 g/mol. The van der Waals surface area contributed by atoms with Crippen LogP contribution in [-0.4, -0.2) is 37.2 Å². The van der Waals surface area contributed by atoms with Crippen molar-refractivity contribution in [2.24, 2.45) is 0 Å². The first-order valence-electron chi connectivity index (χ1n) is 26.2. The fourth-order valence-corrected chi connectivity index (χ4v) is 6.58. The minimum Gasteiger partial charge on any atom is -0.462 e. The third kappa shape index (κ3) is 50.5. The number of rotatable bonds is 45. The number of carbonyl (C=O) groups excluding carboxylic acids is 3. The average molecular weight is 911 g/mol. The molecule has 6 heteroatoms. The lowest BCUT2D eigenvalue weighted by Crippen LogP contribution is -2.30. The molecule has 0 aromatic heterocycles. The van der Waals surface area contributed by atoms with Crippen LogP contribution < -0.4 is 0 Å². The van der Waals surface area contributed by atoms with Crippen molar-refractivity contribution in [1.82, 2.24) is 0 Å². The van der Waals surface area contributed by atoms with Crippen molar-refractivity contribution in [3.8, 4) is 0 Å². The summed E-state index contributed by atoms with van der Waals surface area (Å²) in [7, 11) is 0. The van der Waals surface area contributed by atoms with E-state index in [4.69, 9.17) is 14.2 Å². The van der Waals surface area contributed by atoms with Gasteiger partial charge in [-0.25, -0.2) is 0 Å². The van der Waals surface area contributed by atoms with Crippen molar-refractivity contribution in [2.45, 2.75) is 213 Å². The van der Waals surface area contributed by atoms with Gasteiger partial charge in [0.2, 0.25) is 0 Å². The Bertz CT molecular complexity index is 1460. The molecule has 0 aromatic rings. The Balaban J connectivity index is 4.27. The van der Waals surface area contributed by atoms with Crippen molar-refractivity contribution < 1.29 is 28.6 Å². The zero-order chi connectivity index (χ0) is 47.9. The molecule has 0 saturated carbocycles. The van der Waals surface area contributed by atoms with Gasteiger partial charge < -0.3 is 14.2 Å². The molecule has 0 aliphatic carbocycles. The number of ether oxygens (including phenoxy) is 3. The van der Waals surface area contributed by atoms with Gasteiger partial charge in [-0.1, -0.05) is 225 Å². The average Bonchev–Trinajstić information content (AvgIpc) is 3.31. The molecule has 0 aliphatic rings. The largest absolute Gasteiger partial charge is 0.462 e. The van der Waals surface area contributed by atoms with Crippen LogP contribution in [0.4, 0.5) is 0 Å². The Labute approximate surface area is 405 Å². The second-order valence-electron chi connectivity index (χ2n) is 16.7. The summed E-state index contributed by atoms with van der Waals surface area (Å²) in [5, 5.41) is 0. The van der Waals surface area contributed by atoms with Gasteiger partial charge in [-0.05, 0) is 96.3 Å². The SMILES string of the molecule is CC/C=C\C/C=C\C/C=C\C/C=C\C/C=C\C/C=C\CCCCCCCCCCC(=O)OCC(COC(=O)CCCCCCCC)OC(=O)C/C=C\C/C=C\C/C=C\C/C=C\C/C=C\CC. The van der Waals surface area contributed by atoms with Crippen LogP contribution in [-0.2, 0) is 28.6 Å². The van der Waals surface area contributed by atoms with Gasteiger partial charge in [0.15, 0.2) is 6.10 Å². The summed E-state index contributed by atoms with van der Waals surface area (Å²) in [5.41, 5.74) is 0. The normalized spacial score (nSPS) is 13.2. The topological polar surface area (TPSA) is 78.9 Å². The third-order valence-electron chi connectivity index (χ3n) is 10.4. The molecule has 0 fully saturated rings. The van der Waals surface area contributed by atoms with E-state index < -0.39 is 12.1 Å². The van der Waals surface area contributed by atoms with Gasteiger partial charge in [0.05, 0.1) is 6.42 Å². The Morgan fingerprint density at radius 1 is 0.333 bits per heavy atom. The molecule has 0 saturated heterocycles. The molecule has 0 heterocycles. The van der Waals surface area contributed by atoms with Crippen molar-refractivity contribution in [2.75, 3.05) is 13.2 Å². The summed E-state index contributed by atoms with van der Waals surface area (Å²) in [4.78, 5) is 37.7. The maximum atomic E-state index is 12.7. The predicted molar refractivity (Wildman–Crippen MR) is 283 cm³/mol. The third-order valence-corrected chi connectivity index (χ3v) is 10.4. The van der Waals surface area contributed by atoms with Gasteiger partial charge in [0.1, 0.15) is 13.2 Å². The van der Waals surface area contributed by atoms with Crippen molar-refractivity contribution >= 4 is 17.9 Å². The zero-order valence-corrected chi connectivity index (χ0v) is 42.1. The van der Waals surface area contributed by atoms with Crippen molar-refractivity contribution in [3.05, 3.63) is 134 Å². The Kier molecular flexibility index (Phi) is 49.6. The van der Waals surface area contributed by atoms with Gasteiger partial charge >= 0.3 is 17.9 Å². The standard InChI is InChI=1S/C60H94O6/c1-4-7-10-13-16-18-20-22-24-25-26-27-28-29-30-31-32-33-34-35-37-38-40-42-44-47-50-53-59(62)65-56-57(55-64-58(61)52-49-46-15-12-9-6-3)66-60(63)54-51-48-45-43-41-39-36-23-21-19-17-14-11-8-5-2/h7-8,10-11,16-19,22-24,26-27,29-30,32-33,36,41,43,48,51,57H,4-6,9,12-15,20-21,25,28,31,34-35,37-40,42,44-47,49-50,52-56H2,1-3H3/b10-7-,11-8-,18-16-,19-17-,24-22-,27-26-,30-29-,33-32-,36-23-,43-41-,51-48-. The van der Waals surface area contributed by atoms with Crippen molar-refractivity contribution in [1.29, 1.82) is 0 Å². The first-order valence-corrected chi connectivity index (χ1v) is 26.2. The van der Waals surface area contributed by atoms with Crippen LogP contribution in [0.1, 0.15) is 207 Å². The number of hydrogen-bond donors (Lipinski definition) is 0. The highest BCUT2D eigenvalue weighted by Crippen LogP contribution is 2.13. The fraction of sp³-hybridized carbons (Fsp3) is 0.583. The number of unbranched alkanes of at least 4 members (excludes halogenated alkanes) is 13. The van der Waals surface area contributed by atoms with Crippen LogP contribution in [0.5, 0.6) is 0 Å². The summed E-state index contributed by atoms with van der Waals surface area (Å²) in [6.07, 6.45) is 74.9. The Morgan fingerprint density at radius 3 is 1.00 bits per heavy atom. The Hall–Kier alpha value is -4.45. The van der Waals surface area contributed by atoms with Gasteiger partial charge in [-0.3, -0.25) is 14.4 Å². The van der Waals surface area contributed by atoms with Crippen LogP contribution in [0.15, 0.2) is 134 Å². The smallest absolute Gasteiger partial charge is 0.310 e. The molecule has 0 radical (unpaired) electrons. The van der Waals surface area contributed by atoms with Gasteiger partial charge in [-0.15, -0.1) is 0 Å². The molecule has 1 atom stereocenters. The molecule has 1 unspecified atom stereocenters. The molecule has 0 amide bonds. The van der Waals surface area contributed by atoms with Gasteiger partial charge in [-0.2, -0.15) is 0 Å². The second-order valence-corrected chi connectivity index (χ2v) is 16.7. The van der Waals surface area contributed by atoms with Crippen molar-refractivity contribution in [3.63, 3.8) is 0 Å². The Morgan fingerprint density at radius 2 is 0.636 bits per heavy atom. The summed E-state index contributed by atoms with van der Waals surface area (Å²) < 4.78 is 16.6. The van der Waals surface area contributed by atoms with E-state index in [1.54, 1.807) is 6.08 Å². The summed E-state index contributed by atoms with van der Waals surface area (Å²) in [5.74, 6) is -1.08. The van der Waals surface area contributed by atoms with Gasteiger partial charge in [0, 0.05) is 12.8 Å². The van der Waals surface area contributed by atoms with Crippen LogP contribution in [0.25, 0.3) is 0 Å². The number of allylic oxidation sites excluding steroid dienone is 21. The molecule has 0 bridgehead atoms. The lowest BCUT2D eigenvalue weighted by molar-refractivity contribution is -0.166. The minimum atomic E-state index is -0.836. The van der Waals surface area contributed by atoms with Crippen LogP contribution in [0, 0.1) is 0 Å². The summed E-state index contributed by atoms with van der Waals surface area (Å²) >= 11 is 0. The minimum absolute atomic E-state index is 0.0904. The van der Waals surface area contributed by atoms with E-state index in [-0.39, 0.29) is 31.6 Å². The predicted octanol–water partition coefficient (Wildman–Crippen LogP) is 17.5. The molecule has 66 heavy (non-hydrogen) atoms. The summed E-state index contributed by atoms with van der Waals surface area (Å²) in [6.45, 7) is 6.23. The van der Waals surface area contributed by atoms with Crippen LogP contribution >= 0.6 is 0 Å². The van der Waals surface area contributed by atoms with Crippen LogP contribution in [0.3, 0.4) is 0 Å². The highest BCUT2D eigenvalue weighted by Gasteiger charge is 2.19. The zero-order valence-electron chi connectivity index (χ0n) is 42.1. The molecule has 0 aliphatic heterocycles. The lowest BCUT2D eigenvalue weighted by Gasteiger charge is -2.18. The molecule has 0 spiro atoms. The second kappa shape index (κ2) is 53.2. The maximum absolute atomic E-state index is 12.7. The molecule has 0 rings (SSSR count). The van der Waals surface area contributed by atoms with E-state index in [1.165, 1.54) is 51.4 Å². The number of carbonyl (C=O) groups is 3. The van der Waals surface area contributed by atoms with E-state index in [9.17, 15) is 14.4 Å². The highest BCUT2D eigenvalue weighted by molar-refractivity contribution is 5.72. The van der Waals surface area contributed by atoms with E-state index in [0.717, 1.165) is 109 Å². The number of esters is 3. The quantitative estimate of drug-likeness (QED) is 0.0262. The van der Waals surface area contributed by atoms with E-state index >= 15 is 0 Å². The fourth-order valence-electron chi connectivity index (χ4n) is 6.58.